The molecule has 0 saturated carbocycles. The van der Waals surface area contributed by atoms with Crippen LogP contribution in [0.5, 0.6) is 0 Å². The van der Waals surface area contributed by atoms with Crippen molar-refractivity contribution in [3.8, 4) is 0 Å². The first-order valence-corrected chi connectivity index (χ1v) is 20.7. The molecule has 15 nitrogen and oxygen atoms in total. The molecule has 2 saturated heterocycles. The highest BCUT2D eigenvalue weighted by atomic mass is 16.8. The number of benzene rings is 2. The lowest BCUT2D eigenvalue weighted by Crippen LogP contribution is -2.59. The highest BCUT2D eigenvalue weighted by Gasteiger charge is 2.52. The van der Waals surface area contributed by atoms with E-state index in [0.29, 0.717) is 35.1 Å². The van der Waals surface area contributed by atoms with E-state index < -0.39 is 67.4 Å². The van der Waals surface area contributed by atoms with Gasteiger partial charge in [0.05, 0.1) is 25.4 Å². The van der Waals surface area contributed by atoms with Gasteiger partial charge >= 0.3 is 5.97 Å². The van der Waals surface area contributed by atoms with Crippen LogP contribution in [0, 0.1) is 0 Å². The maximum atomic E-state index is 13.8. The molecule has 8 atom stereocenters. The first-order chi connectivity index (χ1) is 28.5. The van der Waals surface area contributed by atoms with Crippen molar-refractivity contribution in [1.82, 2.24) is 10.6 Å². The summed E-state index contributed by atoms with van der Waals surface area (Å²) in [5, 5.41) is 54.3. The fourth-order valence-electron chi connectivity index (χ4n) is 7.50. The minimum atomic E-state index is -1.56. The van der Waals surface area contributed by atoms with Gasteiger partial charge in [0.25, 0.3) is 5.91 Å². The molecule has 0 bridgehead atoms. The van der Waals surface area contributed by atoms with E-state index in [1.807, 2.05) is 0 Å². The van der Waals surface area contributed by atoms with E-state index in [1.54, 1.807) is 66.8 Å². The minimum absolute atomic E-state index is 0.0549. The molecule has 1 aliphatic carbocycles. The summed E-state index contributed by atoms with van der Waals surface area (Å²) in [6, 6.07) is 13.6. The smallest absolute Gasteiger partial charge is 0.338 e. The number of ether oxygens (including phenoxy) is 5. The van der Waals surface area contributed by atoms with Gasteiger partial charge in [-0.1, -0.05) is 75.9 Å². The van der Waals surface area contributed by atoms with Crippen LogP contribution in [-0.4, -0.2) is 124 Å². The molecule has 2 amide bonds. The van der Waals surface area contributed by atoms with Crippen molar-refractivity contribution in [2.24, 2.45) is 0 Å². The quantitative estimate of drug-likeness (QED) is 0.0712. The van der Waals surface area contributed by atoms with E-state index in [1.165, 1.54) is 0 Å². The second kappa shape index (κ2) is 22.5. The van der Waals surface area contributed by atoms with Gasteiger partial charge in [0.1, 0.15) is 42.7 Å². The van der Waals surface area contributed by atoms with Crippen LogP contribution in [0.25, 0.3) is 6.08 Å². The molecule has 2 fully saturated rings. The number of amides is 2. The third-order valence-corrected chi connectivity index (χ3v) is 10.7. The molecule has 2 aliphatic heterocycles. The number of carbonyl (C=O) groups excluding carboxylic acids is 3. The molecular weight excluding hydrogens is 764 g/mol. The molecule has 59 heavy (non-hydrogen) atoms. The zero-order valence-corrected chi connectivity index (χ0v) is 33.9. The van der Waals surface area contributed by atoms with Gasteiger partial charge in [0.2, 0.25) is 5.91 Å². The van der Waals surface area contributed by atoms with Crippen molar-refractivity contribution in [1.29, 1.82) is 0 Å². The molecule has 0 spiro atoms. The second-order valence-electron chi connectivity index (χ2n) is 15.3. The Morgan fingerprint density at radius 3 is 2.31 bits per heavy atom. The highest BCUT2D eigenvalue weighted by Crippen LogP contribution is 2.43. The van der Waals surface area contributed by atoms with Crippen molar-refractivity contribution in [2.45, 2.75) is 133 Å². The van der Waals surface area contributed by atoms with Crippen LogP contribution < -0.4 is 10.6 Å². The largest absolute Gasteiger partial charge is 0.456 e. The Hall–Kier alpha value is -4.03. The Morgan fingerprint density at radius 2 is 1.59 bits per heavy atom. The van der Waals surface area contributed by atoms with Crippen LogP contribution in [-0.2, 0) is 35.0 Å². The Kier molecular flexibility index (Phi) is 17.6. The lowest BCUT2D eigenvalue weighted by molar-refractivity contribution is -0.298. The van der Waals surface area contributed by atoms with Crippen LogP contribution in [0.15, 0.2) is 66.3 Å². The van der Waals surface area contributed by atoms with E-state index in [4.69, 9.17) is 28.8 Å². The summed E-state index contributed by atoms with van der Waals surface area (Å²) in [5.41, 5.74) is 2.39. The number of esters is 1. The zero-order valence-electron chi connectivity index (χ0n) is 33.9. The van der Waals surface area contributed by atoms with Gasteiger partial charge in [-0.05, 0) is 54.3 Å². The standard InChI is InChI=1S/C44H60N2O13/c1-3-5-7-17-44(18-8-6-4-2)58-34-25-32(41(53)46-26-29-13-10-15-30(23-29)40(52)45-19-20-47)24-33(39(34)59-44)56-42(54)31-16-9-12-28(22-31)14-11-21-55-43-38(51)37(50)36(49)35(27-48)57-43/h9-16,22-23,25,33-39,43,47-51H,3-8,17-21,24,26-27H2,1-2H3,(H,45,52)(H,46,53). The number of aliphatic hydroxyl groups excluding tert-OH is 5. The monoisotopic (exact) mass is 824 g/mol. The number of hydrogen-bond acceptors (Lipinski definition) is 13. The Bertz CT molecular complexity index is 1740. The average molecular weight is 825 g/mol. The summed E-state index contributed by atoms with van der Waals surface area (Å²) < 4.78 is 30.6. The highest BCUT2D eigenvalue weighted by molar-refractivity contribution is 5.95. The second-order valence-corrected chi connectivity index (χ2v) is 15.3. The lowest BCUT2D eigenvalue weighted by Gasteiger charge is -2.39. The molecular formula is C44H60N2O13. The number of fused-ring (bicyclic) bond motifs is 1. The Balaban J connectivity index is 1.29. The normalized spacial score (nSPS) is 26.3. The summed E-state index contributed by atoms with van der Waals surface area (Å²) >= 11 is 0. The molecule has 2 aromatic rings. The molecule has 7 N–H and O–H groups in total. The summed E-state index contributed by atoms with van der Waals surface area (Å²) in [6.45, 7) is 3.73. The van der Waals surface area contributed by atoms with Crippen molar-refractivity contribution in [2.75, 3.05) is 26.4 Å². The molecule has 3 aliphatic rings. The van der Waals surface area contributed by atoms with E-state index in [2.05, 4.69) is 24.5 Å². The summed E-state index contributed by atoms with van der Waals surface area (Å²) in [6.07, 6.45) is 3.31. The first kappa shape index (κ1) is 46.0. The summed E-state index contributed by atoms with van der Waals surface area (Å²) in [4.78, 5) is 40.0. The van der Waals surface area contributed by atoms with Gasteiger partial charge in [-0.2, -0.15) is 0 Å². The molecule has 0 aromatic heterocycles. The zero-order chi connectivity index (χ0) is 42.4. The maximum Gasteiger partial charge on any atom is 0.338 e. The van der Waals surface area contributed by atoms with Gasteiger partial charge in [0, 0.05) is 43.5 Å². The van der Waals surface area contributed by atoms with E-state index in [0.717, 1.165) is 38.5 Å². The SMILES string of the molecule is CCCCCC1(CCCCC)OC2C=C(C(=O)NCc3cccc(C(=O)NCCO)c3)CC(OC(=O)c3cccc(C=CCOC4OC(CO)C(O)C(O)C4O)c3)C2O1. The van der Waals surface area contributed by atoms with E-state index in [9.17, 15) is 34.8 Å². The van der Waals surface area contributed by atoms with E-state index >= 15 is 0 Å². The molecule has 2 heterocycles. The number of carbonyl (C=O) groups is 3. The molecule has 2 aromatic carbocycles. The third-order valence-electron chi connectivity index (χ3n) is 10.7. The maximum absolute atomic E-state index is 13.8. The summed E-state index contributed by atoms with van der Waals surface area (Å²) in [7, 11) is 0. The van der Waals surface area contributed by atoms with Crippen LogP contribution in [0.4, 0.5) is 0 Å². The van der Waals surface area contributed by atoms with Gasteiger partial charge in [-0.3, -0.25) is 9.59 Å². The van der Waals surface area contributed by atoms with Crippen molar-refractivity contribution in [3.05, 3.63) is 88.5 Å². The van der Waals surface area contributed by atoms with Crippen LogP contribution in [0.3, 0.4) is 0 Å². The predicted molar refractivity (Wildman–Crippen MR) is 216 cm³/mol. The minimum Gasteiger partial charge on any atom is -0.456 e. The summed E-state index contributed by atoms with van der Waals surface area (Å²) in [5.74, 6) is -2.19. The molecule has 15 heteroatoms. The number of unbranched alkanes of at least 4 members (excludes halogenated alkanes) is 4. The number of hydrogen-bond donors (Lipinski definition) is 7. The fourth-order valence-corrected chi connectivity index (χ4v) is 7.50. The molecule has 324 valence electrons. The van der Waals surface area contributed by atoms with E-state index in [-0.39, 0.29) is 50.1 Å². The number of aliphatic hydroxyl groups is 5. The van der Waals surface area contributed by atoms with Gasteiger partial charge < -0.3 is 59.9 Å². The number of rotatable bonds is 21. The predicted octanol–water partition coefficient (Wildman–Crippen LogP) is 3.05. The van der Waals surface area contributed by atoms with Crippen molar-refractivity contribution < 1.29 is 63.6 Å². The van der Waals surface area contributed by atoms with Crippen molar-refractivity contribution >= 4 is 23.9 Å². The molecule has 0 radical (unpaired) electrons. The van der Waals surface area contributed by atoms with Crippen LogP contribution in [0.1, 0.15) is 103 Å². The van der Waals surface area contributed by atoms with Gasteiger partial charge in [-0.25, -0.2) is 4.79 Å². The first-order valence-electron chi connectivity index (χ1n) is 20.7. The molecule has 8 unspecified atom stereocenters. The van der Waals surface area contributed by atoms with Gasteiger partial charge in [-0.15, -0.1) is 0 Å². The fraction of sp³-hybridized carbons (Fsp3) is 0.568. The van der Waals surface area contributed by atoms with Crippen LogP contribution >= 0.6 is 0 Å². The van der Waals surface area contributed by atoms with Gasteiger partial charge in [0.15, 0.2) is 12.1 Å². The topological polar surface area (TPSA) is 223 Å². The lowest BCUT2D eigenvalue weighted by atomic mass is 9.91. The van der Waals surface area contributed by atoms with Crippen LogP contribution in [0.2, 0.25) is 0 Å². The average Bonchev–Trinajstić information content (AvgIpc) is 3.62. The number of nitrogens with one attached hydrogen (secondary N) is 2. The third kappa shape index (κ3) is 12.5. The van der Waals surface area contributed by atoms with Crippen molar-refractivity contribution in [3.63, 3.8) is 0 Å². The Labute approximate surface area is 345 Å². The molecule has 5 rings (SSSR count). The Morgan fingerprint density at radius 1 is 0.864 bits per heavy atom.